The maximum atomic E-state index is 14.7. The normalized spacial score (nSPS) is 20.6. The number of ether oxygens (including phenoxy) is 1. The van der Waals surface area contributed by atoms with Crippen molar-refractivity contribution in [1.29, 1.82) is 0 Å². The highest BCUT2D eigenvalue weighted by atomic mass is 35.5. The van der Waals surface area contributed by atoms with Crippen molar-refractivity contribution in [3.05, 3.63) is 34.5 Å². The lowest BCUT2D eigenvalue weighted by Gasteiger charge is -2.42. The van der Waals surface area contributed by atoms with E-state index in [1.165, 1.54) is 11.0 Å². The molecule has 2 saturated heterocycles. The van der Waals surface area contributed by atoms with Crippen molar-refractivity contribution >= 4 is 34.5 Å². The SMILES string of the molecule is O=C(c1[nH]c2ccc(F)c(Cl)c2c1F)N1CCN2C(=O)OCCC2C1. The van der Waals surface area contributed by atoms with E-state index in [-0.39, 0.29) is 40.3 Å². The molecule has 2 aromatic rings. The van der Waals surface area contributed by atoms with Gasteiger partial charge in [-0.25, -0.2) is 13.6 Å². The molecule has 0 radical (unpaired) electrons. The fourth-order valence-corrected chi connectivity index (χ4v) is 3.63. The zero-order chi connectivity index (χ0) is 17.7. The summed E-state index contributed by atoms with van der Waals surface area (Å²) in [5.74, 6) is -2.15. The van der Waals surface area contributed by atoms with Crippen LogP contribution in [0.4, 0.5) is 13.6 Å². The maximum absolute atomic E-state index is 14.7. The number of amides is 2. The van der Waals surface area contributed by atoms with Gasteiger partial charge in [-0.3, -0.25) is 4.79 Å². The van der Waals surface area contributed by atoms with E-state index in [0.717, 1.165) is 6.07 Å². The van der Waals surface area contributed by atoms with Crippen molar-refractivity contribution < 1.29 is 23.1 Å². The van der Waals surface area contributed by atoms with Gasteiger partial charge in [0.15, 0.2) is 5.82 Å². The van der Waals surface area contributed by atoms with E-state index in [9.17, 15) is 18.4 Å². The molecule has 0 saturated carbocycles. The molecule has 2 aliphatic heterocycles. The first-order valence-electron chi connectivity index (χ1n) is 7.85. The Morgan fingerprint density at radius 1 is 1.32 bits per heavy atom. The van der Waals surface area contributed by atoms with Crippen molar-refractivity contribution in [3.8, 4) is 0 Å². The highest BCUT2D eigenvalue weighted by Crippen LogP contribution is 2.31. The fourth-order valence-electron chi connectivity index (χ4n) is 3.38. The molecular weight excluding hydrogens is 356 g/mol. The molecule has 9 heteroatoms. The van der Waals surface area contributed by atoms with Gasteiger partial charge in [-0.2, -0.15) is 0 Å². The Hall–Kier alpha value is -2.35. The van der Waals surface area contributed by atoms with Gasteiger partial charge < -0.3 is 19.5 Å². The molecule has 6 nitrogen and oxygen atoms in total. The smallest absolute Gasteiger partial charge is 0.410 e. The lowest BCUT2D eigenvalue weighted by Crippen LogP contribution is -2.59. The zero-order valence-electron chi connectivity index (χ0n) is 13.0. The third kappa shape index (κ3) is 2.52. The minimum absolute atomic E-state index is 0.134. The van der Waals surface area contributed by atoms with Crippen LogP contribution in [0.1, 0.15) is 16.9 Å². The molecule has 25 heavy (non-hydrogen) atoms. The van der Waals surface area contributed by atoms with Gasteiger partial charge in [0.2, 0.25) is 0 Å². The molecule has 0 bridgehead atoms. The molecule has 2 fully saturated rings. The van der Waals surface area contributed by atoms with E-state index in [1.54, 1.807) is 4.90 Å². The number of carbonyl (C=O) groups is 2. The number of carbonyl (C=O) groups excluding carboxylic acids is 2. The van der Waals surface area contributed by atoms with E-state index >= 15 is 0 Å². The van der Waals surface area contributed by atoms with Crippen LogP contribution in [0, 0.1) is 11.6 Å². The second-order valence-corrected chi connectivity index (χ2v) is 6.48. The van der Waals surface area contributed by atoms with Gasteiger partial charge in [0.25, 0.3) is 5.91 Å². The monoisotopic (exact) mass is 369 g/mol. The summed E-state index contributed by atoms with van der Waals surface area (Å²) in [7, 11) is 0. The molecule has 4 rings (SSSR count). The van der Waals surface area contributed by atoms with Crippen molar-refractivity contribution in [2.45, 2.75) is 12.5 Å². The number of hydrogen-bond acceptors (Lipinski definition) is 3. The number of H-pyrrole nitrogens is 1. The van der Waals surface area contributed by atoms with Gasteiger partial charge in [0, 0.05) is 26.1 Å². The standard InChI is InChI=1S/C16H14ClF2N3O3/c17-12-9(18)1-2-10-11(12)13(19)14(20-10)15(23)21-4-5-22-8(7-21)3-6-25-16(22)24/h1-2,8,20H,3-7H2. The summed E-state index contributed by atoms with van der Waals surface area (Å²) in [5, 5.41) is -0.491. The summed E-state index contributed by atoms with van der Waals surface area (Å²) in [6, 6.07) is 2.31. The number of halogens is 3. The van der Waals surface area contributed by atoms with Gasteiger partial charge >= 0.3 is 6.09 Å². The van der Waals surface area contributed by atoms with Gasteiger partial charge in [0.1, 0.15) is 11.5 Å². The fraction of sp³-hybridized carbons (Fsp3) is 0.375. The first-order chi connectivity index (χ1) is 12.0. The number of fused-ring (bicyclic) bond motifs is 2. The Labute approximate surface area is 146 Å². The van der Waals surface area contributed by atoms with Crippen LogP contribution in [-0.2, 0) is 4.74 Å². The predicted octanol–water partition coefficient (Wildman–Crippen LogP) is 2.77. The Morgan fingerprint density at radius 3 is 2.92 bits per heavy atom. The van der Waals surface area contributed by atoms with Gasteiger partial charge in [-0.15, -0.1) is 0 Å². The molecular formula is C16H14ClF2N3O3. The number of rotatable bonds is 1. The van der Waals surface area contributed by atoms with Crippen LogP contribution in [0.3, 0.4) is 0 Å². The third-order valence-corrected chi connectivity index (χ3v) is 5.06. The molecule has 1 aromatic heterocycles. The lowest BCUT2D eigenvalue weighted by atomic mass is 10.1. The Bertz CT molecular complexity index is 885. The molecule has 1 N–H and O–H groups in total. The van der Waals surface area contributed by atoms with E-state index in [2.05, 4.69) is 4.98 Å². The second-order valence-electron chi connectivity index (χ2n) is 6.10. The molecule has 3 heterocycles. The molecule has 1 unspecified atom stereocenters. The van der Waals surface area contributed by atoms with Crippen LogP contribution in [0.25, 0.3) is 10.9 Å². The summed E-state index contributed by atoms with van der Waals surface area (Å²) in [6.45, 7) is 1.19. The molecule has 0 aliphatic carbocycles. The minimum atomic E-state index is -0.866. The highest BCUT2D eigenvalue weighted by molar-refractivity contribution is 6.35. The molecule has 0 spiro atoms. The molecule has 1 atom stereocenters. The third-order valence-electron chi connectivity index (χ3n) is 4.69. The Morgan fingerprint density at radius 2 is 2.12 bits per heavy atom. The summed E-state index contributed by atoms with van der Waals surface area (Å²) in [4.78, 5) is 30.2. The Balaban J connectivity index is 1.63. The van der Waals surface area contributed by atoms with E-state index < -0.39 is 17.5 Å². The average molecular weight is 370 g/mol. The predicted molar refractivity (Wildman–Crippen MR) is 85.6 cm³/mol. The Kier molecular flexibility index (Phi) is 3.79. The van der Waals surface area contributed by atoms with Crippen molar-refractivity contribution in [2.24, 2.45) is 0 Å². The van der Waals surface area contributed by atoms with Crippen LogP contribution in [0.15, 0.2) is 12.1 Å². The number of nitrogens with zero attached hydrogens (tertiary/aromatic N) is 2. The van der Waals surface area contributed by atoms with Crippen molar-refractivity contribution in [1.82, 2.24) is 14.8 Å². The highest BCUT2D eigenvalue weighted by Gasteiger charge is 2.37. The first kappa shape index (κ1) is 16.1. The van der Waals surface area contributed by atoms with Crippen LogP contribution < -0.4 is 0 Å². The number of aromatic nitrogens is 1. The number of benzene rings is 1. The van der Waals surface area contributed by atoms with Crippen molar-refractivity contribution in [3.63, 3.8) is 0 Å². The molecule has 1 aromatic carbocycles. The molecule has 132 valence electrons. The lowest BCUT2D eigenvalue weighted by molar-refractivity contribution is 0.00674. The van der Waals surface area contributed by atoms with Crippen molar-refractivity contribution in [2.75, 3.05) is 26.2 Å². The number of nitrogens with one attached hydrogen (secondary N) is 1. The zero-order valence-corrected chi connectivity index (χ0v) is 13.8. The van der Waals surface area contributed by atoms with Crippen LogP contribution >= 0.6 is 11.6 Å². The topological polar surface area (TPSA) is 65.6 Å². The minimum Gasteiger partial charge on any atom is -0.449 e. The van der Waals surface area contributed by atoms with Gasteiger partial charge in [-0.1, -0.05) is 11.6 Å². The van der Waals surface area contributed by atoms with Crippen LogP contribution in [-0.4, -0.2) is 59.1 Å². The van der Waals surface area contributed by atoms with E-state index in [0.29, 0.717) is 26.1 Å². The number of cyclic esters (lactones) is 1. The van der Waals surface area contributed by atoms with Gasteiger partial charge in [0.05, 0.1) is 28.6 Å². The summed E-state index contributed by atoms with van der Waals surface area (Å²) < 4.78 is 33.2. The largest absolute Gasteiger partial charge is 0.449 e. The number of piperazine rings is 1. The quantitative estimate of drug-likeness (QED) is 0.840. The summed E-state index contributed by atoms with van der Waals surface area (Å²) in [5.41, 5.74) is 0.00136. The number of aromatic amines is 1. The average Bonchev–Trinajstić information content (AvgIpc) is 2.95. The van der Waals surface area contributed by atoms with Gasteiger partial charge in [-0.05, 0) is 12.1 Å². The summed E-state index contributed by atoms with van der Waals surface area (Å²) >= 11 is 5.82. The summed E-state index contributed by atoms with van der Waals surface area (Å²) in [6.07, 6.45) is 0.226. The first-order valence-corrected chi connectivity index (χ1v) is 8.23. The second kappa shape index (κ2) is 5.87. The van der Waals surface area contributed by atoms with Crippen LogP contribution in [0.5, 0.6) is 0 Å². The molecule has 2 amide bonds. The van der Waals surface area contributed by atoms with Crippen LogP contribution in [0.2, 0.25) is 5.02 Å². The van der Waals surface area contributed by atoms with E-state index in [4.69, 9.17) is 16.3 Å². The maximum Gasteiger partial charge on any atom is 0.410 e. The van der Waals surface area contributed by atoms with E-state index in [1.807, 2.05) is 0 Å². The number of hydrogen-bond donors (Lipinski definition) is 1. The molecule has 2 aliphatic rings.